The van der Waals surface area contributed by atoms with Gasteiger partial charge >= 0.3 is 0 Å². The first kappa shape index (κ1) is 18.0. The summed E-state index contributed by atoms with van der Waals surface area (Å²) >= 11 is 0. The first-order chi connectivity index (χ1) is 13.6. The van der Waals surface area contributed by atoms with E-state index >= 15 is 0 Å². The van der Waals surface area contributed by atoms with Crippen LogP contribution in [0.3, 0.4) is 0 Å². The zero-order valence-electron chi connectivity index (χ0n) is 16.3. The molecule has 3 aromatic carbocycles. The summed E-state index contributed by atoms with van der Waals surface area (Å²) in [5, 5.41) is 8.82. The molecule has 1 aliphatic rings. The van der Waals surface area contributed by atoms with Crippen LogP contribution >= 0.6 is 0 Å². The molecule has 4 nitrogen and oxygen atoms in total. The maximum Gasteiger partial charge on any atom is 0.154 e. The highest BCUT2D eigenvalue weighted by atomic mass is 16.5. The number of ether oxygens (including phenoxy) is 1. The Morgan fingerprint density at radius 2 is 1.54 bits per heavy atom. The van der Waals surface area contributed by atoms with E-state index in [1.165, 1.54) is 11.3 Å². The first-order valence-corrected chi connectivity index (χ1v) is 9.34. The quantitative estimate of drug-likeness (QED) is 0.473. The number of azo groups is 1. The molecule has 28 heavy (non-hydrogen) atoms. The molecule has 4 heteroatoms. The summed E-state index contributed by atoms with van der Waals surface area (Å²) in [6.45, 7) is 4.42. The molecule has 0 unspecified atom stereocenters. The van der Waals surface area contributed by atoms with Crippen molar-refractivity contribution in [1.82, 2.24) is 0 Å². The normalized spacial score (nSPS) is 16.5. The first-order valence-electron chi connectivity index (χ1n) is 9.34. The van der Waals surface area contributed by atoms with Gasteiger partial charge in [-0.2, -0.15) is 5.11 Å². The standard InChI is InChI=1S/C24H23N3O/c1-24(2)19-13-7-9-15-21(19)27(3)23(24)17-25-26-20-14-8-10-16-22(20)28-18-11-5-4-6-12-18/h4-17H,1-3H3. The number of fused-ring (bicyclic) bond motifs is 1. The number of nitrogens with zero attached hydrogens (tertiary/aromatic N) is 3. The van der Waals surface area contributed by atoms with Gasteiger partial charge in [-0.3, -0.25) is 0 Å². The zero-order valence-corrected chi connectivity index (χ0v) is 16.3. The Morgan fingerprint density at radius 3 is 2.32 bits per heavy atom. The van der Waals surface area contributed by atoms with Gasteiger partial charge in [-0.25, -0.2) is 0 Å². The van der Waals surface area contributed by atoms with Crippen LogP contribution in [0.1, 0.15) is 19.4 Å². The fraction of sp³-hybridized carbons (Fsp3) is 0.167. The Bertz CT molecular complexity index is 1040. The molecular formula is C24H23N3O. The third-order valence-corrected chi connectivity index (χ3v) is 5.12. The van der Waals surface area contributed by atoms with Crippen molar-refractivity contribution in [3.63, 3.8) is 0 Å². The van der Waals surface area contributed by atoms with Gasteiger partial charge in [0.15, 0.2) is 5.75 Å². The summed E-state index contributed by atoms with van der Waals surface area (Å²) in [5.74, 6) is 1.45. The molecule has 0 fully saturated rings. The highest BCUT2D eigenvalue weighted by Crippen LogP contribution is 2.46. The summed E-state index contributed by atoms with van der Waals surface area (Å²) in [6, 6.07) is 25.8. The van der Waals surface area contributed by atoms with Crippen molar-refractivity contribution in [1.29, 1.82) is 0 Å². The lowest BCUT2D eigenvalue weighted by Crippen LogP contribution is -2.22. The highest BCUT2D eigenvalue weighted by Gasteiger charge is 2.38. The Labute approximate surface area is 165 Å². The average Bonchev–Trinajstić information content (AvgIpc) is 2.91. The van der Waals surface area contributed by atoms with Crippen LogP contribution in [0, 0.1) is 0 Å². The number of hydrogen-bond donors (Lipinski definition) is 0. The minimum absolute atomic E-state index is 0.121. The van der Waals surface area contributed by atoms with E-state index in [2.05, 4.69) is 60.3 Å². The maximum absolute atomic E-state index is 5.96. The van der Waals surface area contributed by atoms with E-state index in [1.54, 1.807) is 0 Å². The second-order valence-corrected chi connectivity index (χ2v) is 7.31. The van der Waals surface area contributed by atoms with Gasteiger partial charge in [0, 0.05) is 23.8 Å². The molecule has 0 aliphatic carbocycles. The van der Waals surface area contributed by atoms with Crippen molar-refractivity contribution < 1.29 is 4.74 Å². The van der Waals surface area contributed by atoms with Gasteiger partial charge in [-0.1, -0.05) is 62.4 Å². The topological polar surface area (TPSA) is 37.2 Å². The van der Waals surface area contributed by atoms with Crippen molar-refractivity contribution in [2.45, 2.75) is 19.3 Å². The van der Waals surface area contributed by atoms with Crippen LogP contribution in [-0.4, -0.2) is 7.05 Å². The number of benzene rings is 3. The Kier molecular flexibility index (Phi) is 4.70. The maximum atomic E-state index is 5.96. The van der Waals surface area contributed by atoms with E-state index in [0.29, 0.717) is 11.4 Å². The fourth-order valence-corrected chi connectivity index (χ4v) is 3.62. The summed E-state index contributed by atoms with van der Waals surface area (Å²) in [4.78, 5) is 2.18. The minimum atomic E-state index is -0.121. The summed E-state index contributed by atoms with van der Waals surface area (Å²) < 4.78 is 5.96. The van der Waals surface area contributed by atoms with Gasteiger partial charge in [-0.05, 0) is 35.9 Å². The highest BCUT2D eigenvalue weighted by molar-refractivity contribution is 5.69. The van der Waals surface area contributed by atoms with E-state index in [-0.39, 0.29) is 5.41 Å². The molecule has 3 aromatic rings. The number of rotatable bonds is 4. The minimum Gasteiger partial charge on any atom is -0.455 e. The van der Waals surface area contributed by atoms with E-state index in [0.717, 1.165) is 11.4 Å². The van der Waals surface area contributed by atoms with Crippen molar-refractivity contribution in [2.24, 2.45) is 10.2 Å². The number of likely N-dealkylation sites (N-methyl/N-ethyl adjacent to an activating group) is 1. The molecule has 0 bridgehead atoms. The monoisotopic (exact) mass is 369 g/mol. The van der Waals surface area contributed by atoms with Crippen LogP contribution in [0.15, 0.2) is 101 Å². The van der Waals surface area contributed by atoms with Crippen LogP contribution < -0.4 is 9.64 Å². The lowest BCUT2D eigenvalue weighted by atomic mass is 9.84. The zero-order chi connectivity index (χ0) is 19.6. The molecule has 4 rings (SSSR count). The fourth-order valence-electron chi connectivity index (χ4n) is 3.62. The van der Waals surface area contributed by atoms with Crippen LogP contribution in [0.25, 0.3) is 0 Å². The van der Waals surface area contributed by atoms with Crippen molar-refractivity contribution in [3.05, 3.63) is 96.3 Å². The molecule has 1 heterocycles. The van der Waals surface area contributed by atoms with E-state index in [1.807, 2.05) is 60.8 Å². The lowest BCUT2D eigenvalue weighted by molar-refractivity contribution is 0.483. The average molecular weight is 369 g/mol. The summed E-state index contributed by atoms with van der Waals surface area (Å²) in [5.41, 5.74) is 4.19. The smallest absolute Gasteiger partial charge is 0.154 e. The molecular weight excluding hydrogens is 346 g/mol. The second-order valence-electron chi connectivity index (χ2n) is 7.31. The Morgan fingerprint density at radius 1 is 0.857 bits per heavy atom. The predicted molar refractivity (Wildman–Crippen MR) is 113 cm³/mol. The molecule has 140 valence electrons. The van der Waals surface area contributed by atoms with E-state index in [4.69, 9.17) is 4.74 Å². The Balaban J connectivity index is 1.61. The van der Waals surface area contributed by atoms with Crippen molar-refractivity contribution in [3.8, 4) is 11.5 Å². The molecule has 0 radical (unpaired) electrons. The van der Waals surface area contributed by atoms with Gasteiger partial charge in [0.1, 0.15) is 11.4 Å². The number of hydrogen-bond acceptors (Lipinski definition) is 4. The van der Waals surface area contributed by atoms with Crippen LogP contribution in [0.5, 0.6) is 11.5 Å². The molecule has 0 aromatic heterocycles. The van der Waals surface area contributed by atoms with E-state index in [9.17, 15) is 0 Å². The van der Waals surface area contributed by atoms with Crippen LogP contribution in [-0.2, 0) is 5.41 Å². The van der Waals surface area contributed by atoms with Crippen LogP contribution in [0.4, 0.5) is 11.4 Å². The SMILES string of the molecule is CN1C(=CN=Nc2ccccc2Oc2ccccc2)C(C)(C)c2ccccc21. The Hall–Kier alpha value is -3.40. The third kappa shape index (κ3) is 3.29. The number of allylic oxidation sites excluding steroid dienone is 1. The van der Waals surface area contributed by atoms with E-state index < -0.39 is 0 Å². The molecule has 0 saturated heterocycles. The molecule has 0 atom stereocenters. The molecule has 0 amide bonds. The molecule has 1 aliphatic heterocycles. The largest absolute Gasteiger partial charge is 0.455 e. The lowest BCUT2D eigenvalue weighted by Gasteiger charge is -2.22. The van der Waals surface area contributed by atoms with Gasteiger partial charge in [0.25, 0.3) is 0 Å². The van der Waals surface area contributed by atoms with Gasteiger partial charge in [0.2, 0.25) is 0 Å². The van der Waals surface area contributed by atoms with Crippen LogP contribution in [0.2, 0.25) is 0 Å². The van der Waals surface area contributed by atoms with Crippen molar-refractivity contribution in [2.75, 3.05) is 11.9 Å². The van der Waals surface area contributed by atoms with Gasteiger partial charge in [0.05, 0.1) is 6.20 Å². The molecule has 0 saturated carbocycles. The second kappa shape index (κ2) is 7.31. The van der Waals surface area contributed by atoms with Crippen molar-refractivity contribution >= 4 is 11.4 Å². The van der Waals surface area contributed by atoms with Gasteiger partial charge < -0.3 is 9.64 Å². The number of para-hydroxylation sites is 3. The third-order valence-electron chi connectivity index (χ3n) is 5.12. The molecule has 0 N–H and O–H groups in total. The summed E-state index contributed by atoms with van der Waals surface area (Å²) in [6.07, 6.45) is 1.85. The van der Waals surface area contributed by atoms with Gasteiger partial charge in [-0.15, -0.1) is 5.11 Å². The summed E-state index contributed by atoms with van der Waals surface area (Å²) in [7, 11) is 2.07. The molecule has 0 spiro atoms. The predicted octanol–water partition coefficient (Wildman–Crippen LogP) is 6.83. The number of anilines is 1.